The van der Waals surface area contributed by atoms with Crippen molar-refractivity contribution in [3.8, 4) is 0 Å². The molecule has 2 aromatic heterocycles. The topological polar surface area (TPSA) is 63.6 Å². The molecule has 0 unspecified atom stereocenters. The van der Waals surface area contributed by atoms with Crippen molar-refractivity contribution in [1.82, 2.24) is 19.7 Å². The van der Waals surface area contributed by atoms with Crippen molar-refractivity contribution >= 4 is 75.0 Å². The predicted octanol–water partition coefficient (Wildman–Crippen LogP) is -0.703. The molecular formula is C6H7KN4OS. The van der Waals surface area contributed by atoms with Crippen LogP contribution in [0.25, 0.3) is 11.0 Å². The van der Waals surface area contributed by atoms with Crippen LogP contribution >= 0.6 is 12.6 Å². The summed E-state index contributed by atoms with van der Waals surface area (Å²) in [7, 11) is 1.62. The van der Waals surface area contributed by atoms with Crippen molar-refractivity contribution in [2.24, 2.45) is 7.05 Å². The van der Waals surface area contributed by atoms with E-state index in [2.05, 4.69) is 27.8 Å². The van der Waals surface area contributed by atoms with E-state index < -0.39 is 0 Å². The van der Waals surface area contributed by atoms with Gasteiger partial charge in [-0.15, -0.1) is 12.6 Å². The third-order valence-electron chi connectivity index (χ3n) is 1.67. The molecule has 2 heterocycles. The second kappa shape index (κ2) is 4.24. The zero-order chi connectivity index (χ0) is 8.72. The molecule has 13 heavy (non-hydrogen) atoms. The number of rotatable bonds is 0. The van der Waals surface area contributed by atoms with E-state index >= 15 is 0 Å². The second-order valence-corrected chi connectivity index (χ2v) is 2.81. The van der Waals surface area contributed by atoms with Crippen molar-refractivity contribution in [2.45, 2.75) is 5.16 Å². The number of fused-ring (bicyclic) bond motifs is 1. The van der Waals surface area contributed by atoms with Gasteiger partial charge in [0, 0.05) is 7.05 Å². The van der Waals surface area contributed by atoms with Crippen LogP contribution in [0.2, 0.25) is 0 Å². The molecule has 64 valence electrons. The summed E-state index contributed by atoms with van der Waals surface area (Å²) in [6.07, 6.45) is 1.46. The SMILES string of the molecule is Cn1c(S)nc2[nH]ncc2c1=O.[KH]. The Labute approximate surface area is 122 Å². The Bertz CT molecular complexity index is 491. The molecule has 5 nitrogen and oxygen atoms in total. The van der Waals surface area contributed by atoms with Gasteiger partial charge in [0.05, 0.1) is 6.20 Å². The first kappa shape index (κ1) is 11.4. The molecule has 0 spiro atoms. The van der Waals surface area contributed by atoms with Crippen LogP contribution in [0.1, 0.15) is 0 Å². The van der Waals surface area contributed by atoms with E-state index in [0.717, 1.165) is 0 Å². The summed E-state index contributed by atoms with van der Waals surface area (Å²) in [6.45, 7) is 0. The van der Waals surface area contributed by atoms with Gasteiger partial charge in [0.15, 0.2) is 10.8 Å². The minimum atomic E-state index is -0.140. The Morgan fingerprint density at radius 1 is 1.62 bits per heavy atom. The van der Waals surface area contributed by atoms with Gasteiger partial charge in [-0.25, -0.2) is 4.98 Å². The monoisotopic (exact) mass is 222 g/mol. The van der Waals surface area contributed by atoms with Crippen LogP contribution in [0.4, 0.5) is 0 Å². The van der Waals surface area contributed by atoms with E-state index in [0.29, 0.717) is 16.2 Å². The van der Waals surface area contributed by atoms with Gasteiger partial charge in [0.1, 0.15) is 5.39 Å². The molecular weight excluding hydrogens is 215 g/mol. The third kappa shape index (κ3) is 1.90. The van der Waals surface area contributed by atoms with Gasteiger partial charge >= 0.3 is 51.4 Å². The summed E-state index contributed by atoms with van der Waals surface area (Å²) in [5.41, 5.74) is 0.335. The molecule has 0 saturated carbocycles. The van der Waals surface area contributed by atoms with Gasteiger partial charge in [0.25, 0.3) is 5.56 Å². The molecule has 0 aliphatic rings. The fourth-order valence-corrected chi connectivity index (χ4v) is 1.16. The summed E-state index contributed by atoms with van der Waals surface area (Å²) in [5, 5.41) is 7.17. The standard InChI is InChI=1S/C6H6N4OS.K.H/c1-10-5(11)3-2-7-9-4(3)8-6(10)12;;/h2H,1H3,(H2,7,8,9,12);;. The molecule has 0 amide bonds. The number of thiol groups is 1. The van der Waals surface area contributed by atoms with E-state index in [4.69, 9.17) is 0 Å². The molecule has 0 aliphatic carbocycles. The molecule has 0 atom stereocenters. The van der Waals surface area contributed by atoms with Crippen LogP contribution in [0.5, 0.6) is 0 Å². The number of aromatic nitrogens is 4. The molecule has 0 aromatic carbocycles. The van der Waals surface area contributed by atoms with Crippen molar-refractivity contribution in [2.75, 3.05) is 0 Å². The molecule has 0 saturated heterocycles. The van der Waals surface area contributed by atoms with E-state index in [9.17, 15) is 4.79 Å². The molecule has 0 fully saturated rings. The Morgan fingerprint density at radius 2 is 2.31 bits per heavy atom. The Balaban J connectivity index is 0.000000845. The maximum atomic E-state index is 11.4. The zero-order valence-electron chi connectivity index (χ0n) is 6.27. The van der Waals surface area contributed by atoms with Crippen LogP contribution in [0, 0.1) is 0 Å². The molecule has 2 rings (SSSR count). The van der Waals surface area contributed by atoms with Crippen LogP contribution in [0.15, 0.2) is 16.1 Å². The average molecular weight is 222 g/mol. The van der Waals surface area contributed by atoms with E-state index in [1.807, 2.05) is 0 Å². The van der Waals surface area contributed by atoms with Crippen molar-refractivity contribution < 1.29 is 0 Å². The minimum absolute atomic E-state index is 0. The number of nitrogens with one attached hydrogen (secondary N) is 1. The Kier molecular flexibility index (Phi) is 3.72. The fourth-order valence-electron chi connectivity index (χ4n) is 0.968. The Hall–Kier alpha value is 0.336. The van der Waals surface area contributed by atoms with E-state index in [1.54, 1.807) is 7.05 Å². The van der Waals surface area contributed by atoms with E-state index in [1.165, 1.54) is 10.8 Å². The molecule has 2 aromatic rings. The number of nitrogens with zero attached hydrogens (tertiary/aromatic N) is 3. The molecule has 0 bridgehead atoms. The third-order valence-corrected chi connectivity index (χ3v) is 2.07. The second-order valence-electron chi connectivity index (χ2n) is 2.41. The van der Waals surface area contributed by atoms with Crippen LogP contribution in [-0.2, 0) is 7.05 Å². The van der Waals surface area contributed by atoms with Gasteiger partial charge < -0.3 is 0 Å². The first-order valence-corrected chi connectivity index (χ1v) is 3.74. The van der Waals surface area contributed by atoms with Crippen molar-refractivity contribution in [3.05, 3.63) is 16.6 Å². The maximum absolute atomic E-state index is 11.4. The first-order chi connectivity index (χ1) is 5.70. The quantitative estimate of drug-likeness (QED) is 0.352. The van der Waals surface area contributed by atoms with E-state index in [-0.39, 0.29) is 56.9 Å². The van der Waals surface area contributed by atoms with Gasteiger partial charge in [-0.3, -0.25) is 14.5 Å². The predicted molar refractivity (Wildman–Crippen MR) is 53.5 cm³/mol. The van der Waals surface area contributed by atoms with Gasteiger partial charge in [0.2, 0.25) is 0 Å². The summed E-state index contributed by atoms with van der Waals surface area (Å²) in [5.74, 6) is 0. The summed E-state index contributed by atoms with van der Waals surface area (Å²) in [6, 6.07) is 0. The summed E-state index contributed by atoms with van der Waals surface area (Å²) in [4.78, 5) is 15.4. The number of hydrogen-bond acceptors (Lipinski definition) is 4. The summed E-state index contributed by atoms with van der Waals surface area (Å²) < 4.78 is 1.36. The van der Waals surface area contributed by atoms with Crippen molar-refractivity contribution in [3.63, 3.8) is 0 Å². The van der Waals surface area contributed by atoms with Crippen LogP contribution < -0.4 is 5.56 Å². The summed E-state index contributed by atoms with van der Waals surface area (Å²) >= 11 is 4.02. The fraction of sp³-hybridized carbons (Fsp3) is 0.167. The van der Waals surface area contributed by atoms with Crippen LogP contribution in [0.3, 0.4) is 0 Å². The van der Waals surface area contributed by atoms with Crippen LogP contribution in [-0.4, -0.2) is 71.1 Å². The molecule has 1 N–H and O–H groups in total. The number of hydrogen-bond donors (Lipinski definition) is 2. The molecule has 7 heteroatoms. The van der Waals surface area contributed by atoms with Crippen molar-refractivity contribution in [1.29, 1.82) is 0 Å². The molecule has 0 radical (unpaired) electrons. The number of aromatic amines is 1. The van der Waals surface area contributed by atoms with Gasteiger partial charge in [-0.2, -0.15) is 5.10 Å². The first-order valence-electron chi connectivity index (χ1n) is 3.29. The zero-order valence-corrected chi connectivity index (χ0v) is 7.17. The number of H-pyrrole nitrogens is 1. The molecule has 0 aliphatic heterocycles. The Morgan fingerprint density at radius 3 is 3.00 bits per heavy atom. The average Bonchev–Trinajstić information content (AvgIpc) is 2.48. The van der Waals surface area contributed by atoms with Gasteiger partial charge in [-0.1, -0.05) is 0 Å². The normalized spacial score (nSPS) is 10.0. The van der Waals surface area contributed by atoms with Gasteiger partial charge in [-0.05, 0) is 0 Å².